The monoisotopic (exact) mass is 231 g/mol. The number of H-pyrrole nitrogens is 1. The molecule has 0 atom stereocenters. The average Bonchev–Trinajstić information content (AvgIpc) is 2.34. The Hall–Kier alpha value is -1.61. The molecule has 3 nitrogen and oxygen atoms in total. The summed E-state index contributed by atoms with van der Waals surface area (Å²) >= 11 is 0. The molecule has 1 heterocycles. The number of nitrogens with one attached hydrogen (secondary N) is 1. The van der Waals surface area contributed by atoms with Crippen molar-refractivity contribution in [1.82, 2.24) is 4.98 Å². The van der Waals surface area contributed by atoms with Gasteiger partial charge in [0.25, 0.3) is 0 Å². The number of benzene rings is 1. The number of para-hydroxylation sites is 1. The fraction of sp³-hybridized carbons (Fsp3) is 0.357. The normalized spacial score (nSPS) is 10.9. The largest absolute Gasteiger partial charge is 0.396 e. The summed E-state index contributed by atoms with van der Waals surface area (Å²) in [6, 6.07) is 9.55. The molecule has 0 unspecified atom stereocenters. The second kappa shape index (κ2) is 5.64. The quantitative estimate of drug-likeness (QED) is 0.775. The maximum atomic E-state index is 11.5. The van der Waals surface area contributed by atoms with Crippen molar-refractivity contribution in [1.29, 1.82) is 0 Å². The highest BCUT2D eigenvalue weighted by Crippen LogP contribution is 2.16. The molecule has 90 valence electrons. The molecule has 2 rings (SSSR count). The van der Waals surface area contributed by atoms with Crippen LogP contribution >= 0.6 is 0 Å². The molecule has 2 N–H and O–H groups in total. The van der Waals surface area contributed by atoms with Crippen LogP contribution in [-0.2, 0) is 6.42 Å². The number of aryl methyl sites for hydroxylation is 1. The smallest absolute Gasteiger partial charge is 0.248 e. The minimum absolute atomic E-state index is 0.0409. The van der Waals surface area contributed by atoms with Gasteiger partial charge in [-0.2, -0.15) is 0 Å². The zero-order valence-corrected chi connectivity index (χ0v) is 9.78. The summed E-state index contributed by atoms with van der Waals surface area (Å²) in [4.78, 5) is 14.3. The van der Waals surface area contributed by atoms with Crippen molar-refractivity contribution in [3.05, 3.63) is 46.2 Å². The molecule has 1 aromatic heterocycles. The highest BCUT2D eigenvalue weighted by molar-refractivity contribution is 5.81. The number of hydrogen-bond donors (Lipinski definition) is 2. The van der Waals surface area contributed by atoms with Crippen LogP contribution in [0.5, 0.6) is 0 Å². The summed E-state index contributed by atoms with van der Waals surface area (Å²) in [6.07, 6.45) is 3.73. The second-order valence-electron chi connectivity index (χ2n) is 4.24. The molecule has 3 heteroatoms. The number of aliphatic hydroxyl groups is 1. The van der Waals surface area contributed by atoms with Gasteiger partial charge in [-0.1, -0.05) is 24.6 Å². The highest BCUT2D eigenvalue weighted by atomic mass is 16.2. The van der Waals surface area contributed by atoms with Crippen LogP contribution in [-0.4, -0.2) is 16.7 Å². The molecule has 0 aliphatic rings. The lowest BCUT2D eigenvalue weighted by molar-refractivity contribution is 0.283. The van der Waals surface area contributed by atoms with E-state index in [9.17, 15) is 4.79 Å². The lowest BCUT2D eigenvalue weighted by atomic mass is 10.0. The van der Waals surface area contributed by atoms with Gasteiger partial charge in [0.15, 0.2) is 0 Å². The molecule has 17 heavy (non-hydrogen) atoms. The predicted octanol–water partition coefficient (Wildman–Crippen LogP) is 2.23. The molecule has 0 aliphatic carbocycles. The Balaban J connectivity index is 2.23. The molecule has 2 aromatic rings. The Morgan fingerprint density at radius 3 is 2.76 bits per heavy atom. The number of unbranched alkanes of at least 4 members (excludes halogenated alkanes) is 2. The predicted molar refractivity (Wildman–Crippen MR) is 69.2 cm³/mol. The third-order valence-corrected chi connectivity index (χ3v) is 2.94. The molecule has 0 aliphatic heterocycles. The number of aromatic nitrogens is 1. The number of pyridine rings is 1. The first-order chi connectivity index (χ1) is 8.31. The molecular formula is C14H17NO2. The summed E-state index contributed by atoms with van der Waals surface area (Å²) in [5.41, 5.74) is 1.96. The van der Waals surface area contributed by atoms with Gasteiger partial charge in [-0.25, -0.2) is 0 Å². The van der Waals surface area contributed by atoms with Crippen LogP contribution in [0.3, 0.4) is 0 Å². The van der Waals surface area contributed by atoms with Crippen LogP contribution in [0.15, 0.2) is 35.1 Å². The fourth-order valence-electron chi connectivity index (χ4n) is 2.09. The number of rotatable bonds is 5. The van der Waals surface area contributed by atoms with Crippen LogP contribution in [0.25, 0.3) is 10.9 Å². The van der Waals surface area contributed by atoms with E-state index in [-0.39, 0.29) is 12.2 Å². The molecular weight excluding hydrogens is 214 g/mol. The summed E-state index contributed by atoms with van der Waals surface area (Å²) < 4.78 is 0. The molecule has 1 aromatic carbocycles. The van der Waals surface area contributed by atoms with E-state index >= 15 is 0 Å². The Bertz CT molecular complexity index is 545. The van der Waals surface area contributed by atoms with E-state index < -0.39 is 0 Å². The van der Waals surface area contributed by atoms with Crippen LogP contribution in [0.2, 0.25) is 0 Å². The van der Waals surface area contributed by atoms with E-state index in [2.05, 4.69) is 4.98 Å². The van der Waals surface area contributed by atoms with E-state index in [0.717, 1.165) is 42.1 Å². The van der Waals surface area contributed by atoms with Crippen molar-refractivity contribution >= 4 is 10.9 Å². The molecule has 0 saturated heterocycles. The first kappa shape index (κ1) is 11.9. The standard InChI is InChI=1S/C14H17NO2/c16-9-5-1-2-6-11-10-14(17)15-13-8-4-3-7-12(11)13/h3-4,7-8,10,16H,1-2,5-6,9H2,(H,15,17). The van der Waals surface area contributed by atoms with E-state index in [1.807, 2.05) is 24.3 Å². The lowest BCUT2D eigenvalue weighted by Crippen LogP contribution is -2.06. The minimum atomic E-state index is -0.0409. The second-order valence-corrected chi connectivity index (χ2v) is 4.24. The number of fused-ring (bicyclic) bond motifs is 1. The van der Waals surface area contributed by atoms with Gasteiger partial charge in [-0.3, -0.25) is 4.79 Å². The minimum Gasteiger partial charge on any atom is -0.396 e. The molecule has 0 spiro atoms. The van der Waals surface area contributed by atoms with E-state index in [1.54, 1.807) is 6.07 Å². The van der Waals surface area contributed by atoms with E-state index in [0.29, 0.717) is 0 Å². The highest BCUT2D eigenvalue weighted by Gasteiger charge is 2.02. The molecule has 0 amide bonds. The zero-order valence-electron chi connectivity index (χ0n) is 9.78. The molecule has 0 fully saturated rings. The summed E-state index contributed by atoms with van der Waals surface area (Å²) in [5, 5.41) is 9.85. The third kappa shape index (κ3) is 2.94. The molecule has 0 saturated carbocycles. The van der Waals surface area contributed by atoms with Gasteiger partial charge in [0.1, 0.15) is 0 Å². The van der Waals surface area contributed by atoms with Crippen LogP contribution in [0, 0.1) is 0 Å². The Morgan fingerprint density at radius 2 is 1.94 bits per heavy atom. The van der Waals surface area contributed by atoms with E-state index in [4.69, 9.17) is 5.11 Å². The lowest BCUT2D eigenvalue weighted by Gasteiger charge is -2.05. The first-order valence-corrected chi connectivity index (χ1v) is 6.03. The summed E-state index contributed by atoms with van der Waals surface area (Å²) in [5.74, 6) is 0. The van der Waals surface area contributed by atoms with Gasteiger partial charge in [-0.05, 0) is 30.9 Å². The van der Waals surface area contributed by atoms with Gasteiger partial charge in [0.2, 0.25) is 5.56 Å². The fourth-order valence-corrected chi connectivity index (χ4v) is 2.09. The molecule has 0 radical (unpaired) electrons. The van der Waals surface area contributed by atoms with Crippen LogP contribution in [0.1, 0.15) is 24.8 Å². The Labute approximate surface area is 100 Å². The SMILES string of the molecule is O=c1cc(CCCCCO)c2ccccc2[nH]1. The maximum absolute atomic E-state index is 11.5. The average molecular weight is 231 g/mol. The van der Waals surface area contributed by atoms with Gasteiger partial charge < -0.3 is 10.1 Å². The maximum Gasteiger partial charge on any atom is 0.248 e. The van der Waals surface area contributed by atoms with Crippen molar-refractivity contribution in [3.8, 4) is 0 Å². The Kier molecular flexibility index (Phi) is 3.94. The first-order valence-electron chi connectivity index (χ1n) is 6.03. The number of aromatic amines is 1. The number of hydrogen-bond acceptors (Lipinski definition) is 2. The topological polar surface area (TPSA) is 53.1 Å². The van der Waals surface area contributed by atoms with Crippen molar-refractivity contribution < 1.29 is 5.11 Å². The number of aliphatic hydroxyl groups excluding tert-OH is 1. The van der Waals surface area contributed by atoms with Gasteiger partial charge >= 0.3 is 0 Å². The zero-order chi connectivity index (χ0) is 12.1. The van der Waals surface area contributed by atoms with Crippen molar-refractivity contribution in [3.63, 3.8) is 0 Å². The van der Waals surface area contributed by atoms with Crippen molar-refractivity contribution in [2.45, 2.75) is 25.7 Å². The molecule has 0 bridgehead atoms. The van der Waals surface area contributed by atoms with Crippen LogP contribution in [0.4, 0.5) is 0 Å². The van der Waals surface area contributed by atoms with Crippen molar-refractivity contribution in [2.75, 3.05) is 6.61 Å². The van der Waals surface area contributed by atoms with Gasteiger partial charge in [0, 0.05) is 23.6 Å². The summed E-state index contributed by atoms with van der Waals surface area (Å²) in [6.45, 7) is 0.246. The van der Waals surface area contributed by atoms with Crippen molar-refractivity contribution in [2.24, 2.45) is 0 Å². The third-order valence-electron chi connectivity index (χ3n) is 2.94. The van der Waals surface area contributed by atoms with Gasteiger partial charge in [-0.15, -0.1) is 0 Å². The Morgan fingerprint density at radius 1 is 1.12 bits per heavy atom. The van der Waals surface area contributed by atoms with Gasteiger partial charge in [0.05, 0.1) is 0 Å². The summed E-state index contributed by atoms with van der Waals surface area (Å²) in [7, 11) is 0. The van der Waals surface area contributed by atoms with E-state index in [1.165, 1.54) is 0 Å². The van der Waals surface area contributed by atoms with Crippen LogP contribution < -0.4 is 5.56 Å².